The average Bonchev–Trinajstić information content (AvgIpc) is 2.92. The number of nitrogens with one attached hydrogen (secondary N) is 2. The molecule has 13 nitrogen and oxygen atoms in total. The molecular weight excluding hydrogens is 523 g/mol. The monoisotopic (exact) mass is 554 g/mol. The zero-order valence-corrected chi connectivity index (χ0v) is 22.4. The zero-order valence-electron chi connectivity index (χ0n) is 22.4. The lowest BCUT2D eigenvalue weighted by Crippen LogP contribution is -2.63. The molecule has 2 amide bonds. The number of ether oxygens (including phenoxy) is 1. The molecule has 2 unspecified atom stereocenters. The summed E-state index contributed by atoms with van der Waals surface area (Å²) < 4.78 is 15.6. The fourth-order valence-corrected chi connectivity index (χ4v) is 4.20. The molecule has 212 valence electrons. The molecule has 3 N–H and O–H groups in total. The smallest absolute Gasteiger partial charge is 0.508 e. The van der Waals surface area contributed by atoms with Gasteiger partial charge in [-0.05, 0) is 17.9 Å². The van der Waals surface area contributed by atoms with E-state index >= 15 is 0 Å². The Labute approximate surface area is 231 Å². The van der Waals surface area contributed by atoms with Gasteiger partial charge >= 0.3 is 19.1 Å². The van der Waals surface area contributed by atoms with E-state index in [1.807, 2.05) is 19.9 Å². The number of carboxylic acids is 1. The predicted octanol–water partition coefficient (Wildman–Crippen LogP) is 0.726. The summed E-state index contributed by atoms with van der Waals surface area (Å²) in [5.74, 6) is -5.70. The maximum Gasteiger partial charge on any atom is 0.552 e. The van der Waals surface area contributed by atoms with Gasteiger partial charge in [0.05, 0.1) is 32.1 Å². The molecule has 1 aliphatic heterocycles. The molecule has 1 saturated heterocycles. The molecule has 3 atom stereocenters. The maximum atomic E-state index is 13.6. The molecule has 2 heterocycles. The van der Waals surface area contributed by atoms with Crippen LogP contribution in [0.5, 0.6) is 0 Å². The van der Waals surface area contributed by atoms with Gasteiger partial charge in [-0.3, -0.25) is 24.2 Å². The molecule has 0 radical (unpaired) electrons. The molecule has 1 aromatic heterocycles. The van der Waals surface area contributed by atoms with Gasteiger partial charge in [-0.15, -0.1) is 0 Å². The van der Waals surface area contributed by atoms with Crippen LogP contribution in [0.3, 0.4) is 0 Å². The van der Waals surface area contributed by atoms with Crippen molar-refractivity contribution >= 4 is 36.8 Å². The zero-order chi connectivity index (χ0) is 29.3. The number of methoxy groups -OCH3 is 1. The minimum Gasteiger partial charge on any atom is -0.508 e. The molecule has 0 saturated carbocycles. The van der Waals surface area contributed by atoms with Gasteiger partial charge < -0.3 is 29.8 Å². The summed E-state index contributed by atoms with van der Waals surface area (Å²) in [7, 11) is -0.443. The number of carbonyl (C=O) groups excluding carboxylic acids is 4. The van der Waals surface area contributed by atoms with Crippen molar-refractivity contribution < 1.29 is 43.1 Å². The summed E-state index contributed by atoms with van der Waals surface area (Å²) in [4.78, 5) is 71.0. The van der Waals surface area contributed by atoms with Gasteiger partial charge in [0.25, 0.3) is 11.9 Å². The number of amides is 2. The molecule has 1 aromatic carbocycles. The second-order valence-corrected chi connectivity index (χ2v) is 9.76. The van der Waals surface area contributed by atoms with Crippen LogP contribution in [0.4, 0.5) is 0 Å². The topological polar surface area (TPSA) is 183 Å². The van der Waals surface area contributed by atoms with Crippen LogP contribution < -0.4 is 10.6 Å². The Bertz CT molecular complexity index is 1220. The summed E-state index contributed by atoms with van der Waals surface area (Å²) in [5, 5.41) is 15.3. The molecule has 14 heteroatoms. The van der Waals surface area contributed by atoms with Crippen LogP contribution in [0.2, 0.25) is 0 Å². The van der Waals surface area contributed by atoms with Crippen molar-refractivity contribution in [3.63, 3.8) is 0 Å². The molecule has 1 fully saturated rings. The van der Waals surface area contributed by atoms with E-state index in [2.05, 4.69) is 25.3 Å². The third-order valence-electron chi connectivity index (χ3n) is 6.15. The van der Waals surface area contributed by atoms with E-state index in [0.29, 0.717) is 0 Å². The second-order valence-electron chi connectivity index (χ2n) is 9.76. The maximum absolute atomic E-state index is 13.6. The minimum atomic E-state index is -2.24. The van der Waals surface area contributed by atoms with Gasteiger partial charge in [-0.1, -0.05) is 44.2 Å². The molecule has 3 rings (SSSR count). The van der Waals surface area contributed by atoms with Crippen LogP contribution in [0.25, 0.3) is 0 Å². The first-order valence-electron chi connectivity index (χ1n) is 12.6. The van der Waals surface area contributed by atoms with Crippen LogP contribution in [0, 0.1) is 5.92 Å². The van der Waals surface area contributed by atoms with Crippen molar-refractivity contribution in [1.29, 1.82) is 0 Å². The molecule has 2 aromatic rings. The molecule has 0 spiro atoms. The number of aliphatic carboxylic acids is 1. The number of hydrogen-bond acceptors (Lipinski definition) is 10. The van der Waals surface area contributed by atoms with E-state index in [0.717, 1.165) is 12.7 Å². The number of carboxylic acid groups (broad SMARTS) is 1. The Morgan fingerprint density at radius 1 is 1.15 bits per heavy atom. The van der Waals surface area contributed by atoms with Gasteiger partial charge in [0.1, 0.15) is 11.7 Å². The highest BCUT2D eigenvalue weighted by molar-refractivity contribution is 6.50. The third-order valence-corrected chi connectivity index (χ3v) is 6.15. The fraction of sp³-hybridized carbons (Fsp3) is 0.423. The van der Waals surface area contributed by atoms with E-state index in [1.54, 1.807) is 24.3 Å². The second kappa shape index (κ2) is 13.6. The van der Waals surface area contributed by atoms with Crippen molar-refractivity contribution in [2.75, 3.05) is 7.11 Å². The van der Waals surface area contributed by atoms with Crippen molar-refractivity contribution in [2.45, 2.75) is 57.1 Å². The highest BCUT2D eigenvalue weighted by Crippen LogP contribution is 2.30. The van der Waals surface area contributed by atoms with Crippen molar-refractivity contribution in [3.05, 3.63) is 60.2 Å². The minimum absolute atomic E-state index is 0.00527. The van der Waals surface area contributed by atoms with E-state index in [1.165, 1.54) is 18.6 Å². The lowest BCUT2D eigenvalue weighted by molar-refractivity contribution is -0.175. The van der Waals surface area contributed by atoms with Crippen molar-refractivity contribution in [2.24, 2.45) is 5.92 Å². The summed E-state index contributed by atoms with van der Waals surface area (Å²) in [5.41, 5.74) is -1.48. The average molecular weight is 554 g/mol. The van der Waals surface area contributed by atoms with Gasteiger partial charge in [-0.25, -0.2) is 9.78 Å². The van der Waals surface area contributed by atoms with E-state index in [-0.39, 0.29) is 24.5 Å². The Kier molecular flexibility index (Phi) is 10.3. The summed E-state index contributed by atoms with van der Waals surface area (Å²) in [6.07, 6.45) is 2.88. The van der Waals surface area contributed by atoms with Gasteiger partial charge in [0.2, 0.25) is 5.91 Å². The Morgan fingerprint density at radius 3 is 2.48 bits per heavy atom. The number of esters is 1. The van der Waals surface area contributed by atoms with Gasteiger partial charge in [0.15, 0.2) is 5.60 Å². The quantitative estimate of drug-likeness (QED) is 0.248. The lowest BCUT2D eigenvalue weighted by atomic mass is 9.70. The van der Waals surface area contributed by atoms with Crippen molar-refractivity contribution in [1.82, 2.24) is 20.6 Å². The number of nitrogens with zero attached hydrogens (tertiary/aromatic N) is 2. The first kappa shape index (κ1) is 30.2. The number of carbonyl (C=O) groups is 5. The van der Waals surface area contributed by atoms with Crippen LogP contribution in [-0.4, -0.2) is 76.6 Å². The normalized spacial score (nSPS) is 18.3. The Hall–Kier alpha value is -4.33. The lowest BCUT2D eigenvalue weighted by Gasteiger charge is -2.38. The molecule has 1 aliphatic rings. The molecule has 40 heavy (non-hydrogen) atoms. The van der Waals surface area contributed by atoms with Crippen molar-refractivity contribution in [3.8, 4) is 0 Å². The number of benzene rings is 1. The molecule has 0 aliphatic carbocycles. The Balaban J connectivity index is 1.88. The first-order valence-corrected chi connectivity index (χ1v) is 12.6. The van der Waals surface area contributed by atoms with Gasteiger partial charge in [-0.2, -0.15) is 0 Å². The van der Waals surface area contributed by atoms with Gasteiger partial charge in [0, 0.05) is 18.8 Å². The summed E-state index contributed by atoms with van der Waals surface area (Å²) >= 11 is 0. The predicted molar refractivity (Wildman–Crippen MR) is 139 cm³/mol. The summed E-state index contributed by atoms with van der Waals surface area (Å²) in [6.45, 7) is 3.69. The first-order chi connectivity index (χ1) is 19.0. The summed E-state index contributed by atoms with van der Waals surface area (Å²) in [6, 6.07) is 7.88. The number of rotatable bonds is 12. The SMILES string of the molecule is COC(=O)C[C@]1(C(=O)O)CC(=O)OB(C(CC(C)C)NC(=O)C(Cc2ccccc2)NC(=O)c2cnccn2)O1. The number of hydrogen-bond donors (Lipinski definition) is 3. The fourth-order valence-electron chi connectivity index (χ4n) is 4.20. The standard InChI is InChI=1S/C26H31BN4O9/c1-16(2)11-20(27-39-22(33)14-26(40-27,25(36)37)13-21(32)38-3)31-23(34)18(12-17-7-5-4-6-8-17)30-24(35)19-15-28-9-10-29-19/h4-10,15-16,18,20H,11-14H2,1-3H3,(H,30,35)(H,31,34)(H,36,37)/t18?,20?,26-/m1/s1. The van der Waals surface area contributed by atoms with E-state index in [9.17, 15) is 29.1 Å². The van der Waals surface area contributed by atoms with E-state index < -0.39 is 67.3 Å². The van der Waals surface area contributed by atoms with E-state index in [4.69, 9.17) is 9.31 Å². The molecule has 0 bridgehead atoms. The van der Waals surface area contributed by atoms with Crippen LogP contribution in [-0.2, 0) is 39.6 Å². The largest absolute Gasteiger partial charge is 0.552 e. The number of aromatic nitrogens is 2. The Morgan fingerprint density at radius 2 is 1.88 bits per heavy atom. The van der Waals surface area contributed by atoms with Crippen LogP contribution in [0.15, 0.2) is 48.9 Å². The van der Waals surface area contributed by atoms with Crippen LogP contribution >= 0.6 is 0 Å². The highest BCUT2D eigenvalue weighted by atomic mass is 16.7. The third kappa shape index (κ3) is 8.09. The van der Waals surface area contributed by atoms with Crippen LogP contribution in [0.1, 0.15) is 49.2 Å². The molecular formula is C26H31BN4O9. The highest BCUT2D eigenvalue weighted by Gasteiger charge is 2.55.